The molecule has 0 aliphatic rings. The van der Waals surface area contributed by atoms with E-state index in [1.54, 1.807) is 12.1 Å². The average Bonchev–Trinajstić information content (AvgIpc) is 2.69. The highest BCUT2D eigenvalue weighted by atomic mass is 32.2. The Bertz CT molecular complexity index is 953. The molecule has 148 valence electrons. The van der Waals surface area contributed by atoms with Crippen LogP contribution in [0.3, 0.4) is 0 Å². The first-order valence-electron chi connectivity index (χ1n) is 8.43. The number of methoxy groups -OCH3 is 1. The molecule has 0 aliphatic heterocycles. The second-order valence-electron chi connectivity index (χ2n) is 5.91. The lowest BCUT2D eigenvalue weighted by atomic mass is 10.1. The molecule has 1 N–H and O–H groups in total. The monoisotopic (exact) mass is 404 g/mol. The van der Waals surface area contributed by atoms with E-state index in [1.165, 1.54) is 48.4 Å². The van der Waals surface area contributed by atoms with Crippen molar-refractivity contribution in [3.05, 3.63) is 65.5 Å². The first-order valence-corrected chi connectivity index (χ1v) is 9.91. The minimum Gasteiger partial charge on any atom is -0.383 e. The third kappa shape index (κ3) is 5.89. The van der Waals surface area contributed by atoms with E-state index in [9.17, 15) is 17.6 Å². The van der Waals surface area contributed by atoms with E-state index in [0.717, 1.165) is 0 Å². The highest BCUT2D eigenvalue weighted by Crippen LogP contribution is 2.15. The smallest absolute Gasteiger partial charge is 0.254 e. The van der Waals surface area contributed by atoms with Crippen LogP contribution in [0.25, 0.3) is 0 Å². The summed E-state index contributed by atoms with van der Waals surface area (Å²) >= 11 is 0. The Morgan fingerprint density at radius 1 is 1.25 bits per heavy atom. The van der Waals surface area contributed by atoms with Gasteiger partial charge in [0.25, 0.3) is 5.91 Å². The van der Waals surface area contributed by atoms with E-state index in [0.29, 0.717) is 5.56 Å². The van der Waals surface area contributed by atoms with E-state index in [4.69, 9.17) is 11.2 Å². The van der Waals surface area contributed by atoms with Crippen molar-refractivity contribution in [3.63, 3.8) is 0 Å². The molecule has 0 aliphatic carbocycles. The zero-order valence-corrected chi connectivity index (χ0v) is 16.2. The lowest BCUT2D eigenvalue weighted by Crippen LogP contribution is -2.31. The predicted octanol–water partition coefficient (Wildman–Crippen LogP) is 2.03. The van der Waals surface area contributed by atoms with Gasteiger partial charge in [-0.1, -0.05) is 24.1 Å². The molecular weight excluding hydrogens is 383 g/mol. The summed E-state index contributed by atoms with van der Waals surface area (Å²) in [6.45, 7) is 0.544. The van der Waals surface area contributed by atoms with Crippen LogP contribution in [0.5, 0.6) is 0 Å². The zero-order chi connectivity index (χ0) is 20.6. The molecule has 6 nitrogen and oxygen atoms in total. The number of hydrogen-bond donors (Lipinski definition) is 1. The SMILES string of the molecule is C#CCN(Cc1ccc(F)cc1)C(=O)c1cccc(S(=O)(=O)NCCOC)c1. The number of halogens is 1. The molecule has 0 spiro atoms. The van der Waals surface area contributed by atoms with Gasteiger partial charge in [-0.15, -0.1) is 6.42 Å². The van der Waals surface area contributed by atoms with E-state index in [1.807, 2.05) is 0 Å². The topological polar surface area (TPSA) is 75.7 Å². The lowest BCUT2D eigenvalue weighted by molar-refractivity contribution is 0.0765. The maximum absolute atomic E-state index is 13.1. The third-order valence-corrected chi connectivity index (χ3v) is 5.30. The van der Waals surface area contributed by atoms with Gasteiger partial charge in [0.05, 0.1) is 18.0 Å². The molecular formula is C20H21FN2O4S. The molecule has 0 fully saturated rings. The van der Waals surface area contributed by atoms with E-state index in [2.05, 4.69) is 10.6 Å². The zero-order valence-electron chi connectivity index (χ0n) is 15.4. The van der Waals surface area contributed by atoms with Gasteiger partial charge in [-0.3, -0.25) is 4.79 Å². The lowest BCUT2D eigenvalue weighted by Gasteiger charge is -2.21. The Labute approximate surface area is 164 Å². The summed E-state index contributed by atoms with van der Waals surface area (Å²) < 4.78 is 45.0. The van der Waals surface area contributed by atoms with Crippen LogP contribution in [0.4, 0.5) is 4.39 Å². The maximum Gasteiger partial charge on any atom is 0.254 e. The second-order valence-corrected chi connectivity index (χ2v) is 7.68. The van der Waals surface area contributed by atoms with Crippen LogP contribution >= 0.6 is 0 Å². The first-order chi connectivity index (χ1) is 13.4. The van der Waals surface area contributed by atoms with Gasteiger partial charge in [0.1, 0.15) is 5.82 Å². The van der Waals surface area contributed by atoms with Crippen LogP contribution in [0.15, 0.2) is 53.4 Å². The first kappa shape index (κ1) is 21.6. The predicted molar refractivity (Wildman–Crippen MR) is 103 cm³/mol. The Hall–Kier alpha value is -2.73. The number of nitrogens with one attached hydrogen (secondary N) is 1. The summed E-state index contributed by atoms with van der Waals surface area (Å²) in [5.41, 5.74) is 0.891. The number of carbonyl (C=O) groups excluding carboxylic acids is 1. The summed E-state index contributed by atoms with van der Waals surface area (Å²) in [4.78, 5) is 14.2. The fraction of sp³-hybridized carbons (Fsp3) is 0.250. The van der Waals surface area contributed by atoms with E-state index >= 15 is 0 Å². The maximum atomic E-state index is 13.1. The molecule has 0 heterocycles. The Kier molecular flexibility index (Phi) is 7.70. The van der Waals surface area contributed by atoms with Gasteiger partial charge >= 0.3 is 0 Å². The summed E-state index contributed by atoms with van der Waals surface area (Å²) in [6.07, 6.45) is 5.37. The Morgan fingerprint density at radius 3 is 2.61 bits per heavy atom. The summed E-state index contributed by atoms with van der Waals surface area (Å²) in [5, 5.41) is 0. The van der Waals surface area contributed by atoms with Gasteiger partial charge in [0.15, 0.2) is 0 Å². The molecule has 1 amide bonds. The number of ether oxygens (including phenoxy) is 1. The molecule has 0 saturated heterocycles. The number of rotatable bonds is 9. The van der Waals surface area contributed by atoms with Gasteiger partial charge in [-0.05, 0) is 35.9 Å². The minimum atomic E-state index is -3.77. The van der Waals surface area contributed by atoms with Crippen molar-refractivity contribution in [2.75, 3.05) is 26.8 Å². The molecule has 0 bridgehead atoms. The Morgan fingerprint density at radius 2 is 1.96 bits per heavy atom. The number of amides is 1. The van der Waals surface area contributed by atoms with Gasteiger partial charge < -0.3 is 9.64 Å². The standard InChI is InChI=1S/C20H21FN2O4S/c1-3-12-23(15-16-7-9-18(21)10-8-16)20(24)17-5-4-6-19(14-17)28(25,26)22-11-13-27-2/h1,4-10,14,22H,11-13,15H2,2H3. The van der Waals surface area contributed by atoms with Crippen molar-refractivity contribution in [2.45, 2.75) is 11.4 Å². The fourth-order valence-electron chi connectivity index (χ4n) is 2.46. The normalized spacial score (nSPS) is 11.0. The molecule has 28 heavy (non-hydrogen) atoms. The van der Waals surface area contributed by atoms with Crippen LogP contribution in [0, 0.1) is 18.2 Å². The van der Waals surface area contributed by atoms with Crippen LogP contribution in [-0.2, 0) is 21.3 Å². The van der Waals surface area contributed by atoms with Crippen LogP contribution in [0.2, 0.25) is 0 Å². The van der Waals surface area contributed by atoms with Crippen molar-refractivity contribution in [1.29, 1.82) is 0 Å². The van der Waals surface area contributed by atoms with Crippen molar-refractivity contribution >= 4 is 15.9 Å². The highest BCUT2D eigenvalue weighted by molar-refractivity contribution is 7.89. The molecule has 0 radical (unpaired) electrons. The molecule has 0 aromatic heterocycles. The summed E-state index contributed by atoms with van der Waals surface area (Å²) in [7, 11) is -2.31. The van der Waals surface area contributed by atoms with E-state index in [-0.39, 0.29) is 42.5 Å². The van der Waals surface area contributed by atoms with Crippen LogP contribution in [-0.4, -0.2) is 46.0 Å². The number of carbonyl (C=O) groups is 1. The van der Waals surface area contributed by atoms with Crippen LogP contribution in [0.1, 0.15) is 15.9 Å². The number of benzene rings is 2. The molecule has 2 aromatic carbocycles. The molecule has 0 atom stereocenters. The second kappa shape index (κ2) is 9.99. The molecule has 8 heteroatoms. The minimum absolute atomic E-state index is 0.0271. The summed E-state index contributed by atoms with van der Waals surface area (Å²) in [6, 6.07) is 11.4. The number of sulfonamides is 1. The number of hydrogen-bond acceptors (Lipinski definition) is 4. The molecule has 0 saturated carbocycles. The Balaban J connectivity index is 2.23. The van der Waals surface area contributed by atoms with Crippen LogP contribution < -0.4 is 4.72 Å². The average molecular weight is 404 g/mol. The van der Waals surface area contributed by atoms with Gasteiger partial charge in [0.2, 0.25) is 10.0 Å². The van der Waals surface area contributed by atoms with Crippen molar-refractivity contribution < 1.29 is 22.3 Å². The van der Waals surface area contributed by atoms with Gasteiger partial charge in [0, 0.05) is 25.8 Å². The quantitative estimate of drug-likeness (QED) is 0.513. The molecule has 0 unspecified atom stereocenters. The number of nitrogens with zero attached hydrogens (tertiary/aromatic N) is 1. The van der Waals surface area contributed by atoms with E-state index < -0.39 is 15.9 Å². The van der Waals surface area contributed by atoms with Gasteiger partial charge in [-0.2, -0.15) is 0 Å². The van der Waals surface area contributed by atoms with Gasteiger partial charge in [-0.25, -0.2) is 17.5 Å². The highest BCUT2D eigenvalue weighted by Gasteiger charge is 2.19. The van der Waals surface area contributed by atoms with Crippen molar-refractivity contribution in [3.8, 4) is 12.3 Å². The van der Waals surface area contributed by atoms with Crippen molar-refractivity contribution in [2.24, 2.45) is 0 Å². The van der Waals surface area contributed by atoms with Crippen molar-refractivity contribution in [1.82, 2.24) is 9.62 Å². The largest absolute Gasteiger partial charge is 0.383 e. The molecule has 2 aromatic rings. The molecule has 2 rings (SSSR count). The fourth-order valence-corrected chi connectivity index (χ4v) is 3.52. The number of terminal acetylenes is 1. The summed E-state index contributed by atoms with van der Waals surface area (Å²) in [5.74, 6) is 1.62. The third-order valence-electron chi connectivity index (χ3n) is 3.85.